The predicted octanol–water partition coefficient (Wildman–Crippen LogP) is 1.20. The van der Waals surface area contributed by atoms with E-state index in [0.717, 1.165) is 31.2 Å². The summed E-state index contributed by atoms with van der Waals surface area (Å²) in [4.78, 5) is 0. The minimum absolute atomic E-state index is 0.101. The van der Waals surface area contributed by atoms with E-state index < -0.39 is 5.60 Å². The van der Waals surface area contributed by atoms with Gasteiger partial charge in [0.1, 0.15) is 5.60 Å². The van der Waals surface area contributed by atoms with Crippen LogP contribution in [0, 0.1) is 0 Å². The third-order valence-corrected chi connectivity index (χ3v) is 3.30. The predicted molar refractivity (Wildman–Crippen MR) is 56.4 cm³/mol. The molecular formula is C11H18N2O2. The van der Waals surface area contributed by atoms with Crippen molar-refractivity contribution in [2.45, 2.75) is 37.4 Å². The van der Waals surface area contributed by atoms with Crippen molar-refractivity contribution in [3.8, 4) is 0 Å². The second kappa shape index (κ2) is 3.94. The molecule has 84 valence electrons. The molecule has 4 nitrogen and oxygen atoms in total. The summed E-state index contributed by atoms with van der Waals surface area (Å²) in [6, 6.07) is 0. The Morgan fingerprint density at radius 2 is 2.40 bits per heavy atom. The Kier molecular flexibility index (Phi) is 2.80. The van der Waals surface area contributed by atoms with Gasteiger partial charge in [-0.3, -0.25) is 4.68 Å². The summed E-state index contributed by atoms with van der Waals surface area (Å²) in [5, 5.41) is 14.7. The first kappa shape index (κ1) is 10.6. The summed E-state index contributed by atoms with van der Waals surface area (Å²) in [5.41, 5.74) is 0.0258. The summed E-state index contributed by atoms with van der Waals surface area (Å²) in [5.74, 6) is 0. The largest absolute Gasteiger partial charge is 0.382 e. The number of ether oxygens (including phenoxy) is 1. The lowest BCUT2D eigenvalue weighted by Crippen LogP contribution is -2.43. The Morgan fingerprint density at radius 3 is 3.00 bits per heavy atom. The average Bonchev–Trinajstić information content (AvgIpc) is 2.66. The van der Waals surface area contributed by atoms with Gasteiger partial charge >= 0.3 is 0 Å². The standard InChI is InChI=1S/C11H18N2O2/c1-13-8-9(7-12-13)11(14)6-4-3-5-10(11)15-2/h7-8,10,14H,3-6H2,1-2H3. The van der Waals surface area contributed by atoms with Crippen molar-refractivity contribution in [1.82, 2.24) is 9.78 Å². The van der Waals surface area contributed by atoms with Gasteiger partial charge in [-0.05, 0) is 12.8 Å². The molecule has 0 amide bonds. The zero-order valence-corrected chi connectivity index (χ0v) is 9.31. The topological polar surface area (TPSA) is 47.3 Å². The summed E-state index contributed by atoms with van der Waals surface area (Å²) >= 11 is 0. The highest BCUT2D eigenvalue weighted by molar-refractivity contribution is 5.18. The lowest BCUT2D eigenvalue weighted by atomic mass is 9.78. The monoisotopic (exact) mass is 210 g/mol. The van der Waals surface area contributed by atoms with Crippen LogP contribution in [0.4, 0.5) is 0 Å². The van der Waals surface area contributed by atoms with E-state index in [1.807, 2.05) is 13.2 Å². The molecule has 2 rings (SSSR count). The van der Waals surface area contributed by atoms with Crippen LogP contribution in [-0.4, -0.2) is 28.1 Å². The quantitative estimate of drug-likeness (QED) is 0.797. The van der Waals surface area contributed by atoms with Crippen LogP contribution in [0.1, 0.15) is 31.2 Å². The zero-order valence-electron chi connectivity index (χ0n) is 9.31. The van der Waals surface area contributed by atoms with Gasteiger partial charge in [-0.2, -0.15) is 5.10 Å². The van der Waals surface area contributed by atoms with Crippen LogP contribution < -0.4 is 0 Å². The fraction of sp³-hybridized carbons (Fsp3) is 0.727. The molecule has 15 heavy (non-hydrogen) atoms. The van der Waals surface area contributed by atoms with Crippen LogP contribution in [0.5, 0.6) is 0 Å². The molecule has 0 aliphatic heterocycles. The second-order valence-corrected chi connectivity index (χ2v) is 4.30. The summed E-state index contributed by atoms with van der Waals surface area (Å²) in [6.45, 7) is 0. The third kappa shape index (κ3) is 1.79. The molecule has 0 bridgehead atoms. The Balaban J connectivity index is 2.29. The Labute approximate surface area is 89.9 Å². The number of aryl methyl sites for hydroxylation is 1. The molecule has 1 saturated carbocycles. The lowest BCUT2D eigenvalue weighted by Gasteiger charge is -2.38. The van der Waals surface area contributed by atoms with Gasteiger partial charge < -0.3 is 9.84 Å². The maximum atomic E-state index is 10.6. The van der Waals surface area contributed by atoms with E-state index >= 15 is 0 Å². The van der Waals surface area contributed by atoms with E-state index in [1.54, 1.807) is 18.0 Å². The number of methoxy groups -OCH3 is 1. The molecule has 2 unspecified atom stereocenters. The van der Waals surface area contributed by atoms with E-state index in [4.69, 9.17) is 4.74 Å². The maximum Gasteiger partial charge on any atom is 0.119 e. The van der Waals surface area contributed by atoms with Crippen LogP contribution in [0.2, 0.25) is 0 Å². The first-order valence-corrected chi connectivity index (χ1v) is 5.41. The van der Waals surface area contributed by atoms with Crippen LogP contribution >= 0.6 is 0 Å². The molecule has 1 aliphatic carbocycles. The van der Waals surface area contributed by atoms with E-state index in [9.17, 15) is 5.11 Å². The molecule has 1 aromatic heterocycles. The highest BCUT2D eigenvalue weighted by atomic mass is 16.5. The molecule has 1 N–H and O–H groups in total. The van der Waals surface area contributed by atoms with E-state index in [-0.39, 0.29) is 6.10 Å². The molecule has 1 fully saturated rings. The molecule has 0 aromatic carbocycles. The van der Waals surface area contributed by atoms with Crippen molar-refractivity contribution in [3.63, 3.8) is 0 Å². The molecule has 1 aliphatic rings. The zero-order chi connectivity index (χ0) is 10.9. The molecule has 0 radical (unpaired) electrons. The van der Waals surface area contributed by atoms with Crippen LogP contribution in [0.3, 0.4) is 0 Å². The van der Waals surface area contributed by atoms with Gasteiger partial charge in [-0.25, -0.2) is 0 Å². The van der Waals surface area contributed by atoms with Gasteiger partial charge in [0, 0.05) is 25.9 Å². The summed E-state index contributed by atoms with van der Waals surface area (Å²) in [6.07, 6.45) is 7.36. The highest BCUT2D eigenvalue weighted by Crippen LogP contribution is 2.38. The fourth-order valence-electron chi connectivity index (χ4n) is 2.41. The first-order valence-electron chi connectivity index (χ1n) is 5.41. The van der Waals surface area contributed by atoms with Crippen molar-refractivity contribution in [2.75, 3.05) is 7.11 Å². The van der Waals surface area contributed by atoms with E-state index in [0.29, 0.717) is 0 Å². The lowest BCUT2D eigenvalue weighted by molar-refractivity contribution is -0.122. The van der Waals surface area contributed by atoms with Crippen molar-refractivity contribution < 1.29 is 9.84 Å². The van der Waals surface area contributed by atoms with Gasteiger partial charge in [-0.15, -0.1) is 0 Å². The third-order valence-electron chi connectivity index (χ3n) is 3.30. The number of rotatable bonds is 2. The SMILES string of the molecule is COC1CCCCC1(O)c1cnn(C)c1. The van der Waals surface area contributed by atoms with Gasteiger partial charge in [-0.1, -0.05) is 12.8 Å². The average molecular weight is 210 g/mol. The number of aromatic nitrogens is 2. The smallest absolute Gasteiger partial charge is 0.119 e. The van der Waals surface area contributed by atoms with Crippen molar-refractivity contribution in [2.24, 2.45) is 7.05 Å². The molecule has 2 atom stereocenters. The van der Waals surface area contributed by atoms with E-state index in [1.165, 1.54) is 0 Å². The van der Waals surface area contributed by atoms with Crippen LogP contribution in [0.25, 0.3) is 0 Å². The van der Waals surface area contributed by atoms with Crippen LogP contribution in [-0.2, 0) is 17.4 Å². The van der Waals surface area contributed by atoms with Gasteiger partial charge in [0.25, 0.3) is 0 Å². The first-order chi connectivity index (χ1) is 7.16. The highest BCUT2D eigenvalue weighted by Gasteiger charge is 2.41. The molecule has 4 heteroatoms. The normalized spacial score (nSPS) is 31.8. The van der Waals surface area contributed by atoms with Gasteiger partial charge in [0.2, 0.25) is 0 Å². The summed E-state index contributed by atoms with van der Waals surface area (Å²) < 4.78 is 7.10. The van der Waals surface area contributed by atoms with E-state index in [2.05, 4.69) is 5.10 Å². The van der Waals surface area contributed by atoms with Crippen molar-refractivity contribution in [3.05, 3.63) is 18.0 Å². The van der Waals surface area contributed by atoms with Crippen molar-refractivity contribution in [1.29, 1.82) is 0 Å². The maximum absolute atomic E-state index is 10.6. The Morgan fingerprint density at radius 1 is 1.60 bits per heavy atom. The fourth-order valence-corrected chi connectivity index (χ4v) is 2.41. The number of hydrogen-bond acceptors (Lipinski definition) is 3. The molecule has 1 aromatic rings. The minimum Gasteiger partial charge on any atom is -0.382 e. The number of hydrogen-bond donors (Lipinski definition) is 1. The van der Waals surface area contributed by atoms with Gasteiger partial charge in [0.15, 0.2) is 0 Å². The Bertz CT molecular complexity index is 337. The molecular weight excluding hydrogens is 192 g/mol. The number of aliphatic hydroxyl groups is 1. The minimum atomic E-state index is -0.846. The van der Waals surface area contributed by atoms with Crippen LogP contribution in [0.15, 0.2) is 12.4 Å². The van der Waals surface area contributed by atoms with Gasteiger partial charge in [0.05, 0.1) is 12.3 Å². The molecule has 0 saturated heterocycles. The van der Waals surface area contributed by atoms with Crippen molar-refractivity contribution >= 4 is 0 Å². The summed E-state index contributed by atoms with van der Waals surface area (Å²) in [7, 11) is 3.52. The number of nitrogens with zero attached hydrogens (tertiary/aromatic N) is 2. The molecule has 0 spiro atoms. The Hall–Kier alpha value is -0.870. The second-order valence-electron chi connectivity index (χ2n) is 4.30. The molecule has 1 heterocycles.